The van der Waals surface area contributed by atoms with Gasteiger partial charge in [-0.05, 0) is 73.5 Å². The van der Waals surface area contributed by atoms with E-state index in [0.29, 0.717) is 17.3 Å². The van der Waals surface area contributed by atoms with Crippen LogP contribution in [0.15, 0.2) is 83.8 Å². The summed E-state index contributed by atoms with van der Waals surface area (Å²) in [5, 5.41) is 3.32. The monoisotopic (exact) mass is 511 g/mol. The van der Waals surface area contributed by atoms with Gasteiger partial charge in [0.15, 0.2) is 0 Å². The summed E-state index contributed by atoms with van der Waals surface area (Å²) in [6.07, 6.45) is 3.79. The van der Waals surface area contributed by atoms with Gasteiger partial charge in [-0.1, -0.05) is 60.5 Å². The predicted molar refractivity (Wildman–Crippen MR) is 140 cm³/mol. The molecular weight excluding hydrogens is 482 g/mol. The molecule has 0 aromatic heterocycles. The minimum atomic E-state index is -3.96. The number of carbonyl (C=O) groups is 1. The average molecular weight is 512 g/mol. The van der Waals surface area contributed by atoms with E-state index in [1.165, 1.54) is 49.1 Å². The highest BCUT2D eigenvalue weighted by Gasteiger charge is 2.27. The highest BCUT2D eigenvalue weighted by molar-refractivity contribution is 7.92. The smallest absolute Gasteiger partial charge is 0.264 e. The van der Waals surface area contributed by atoms with Crippen molar-refractivity contribution in [1.29, 1.82) is 0 Å². The molecule has 1 saturated heterocycles. The van der Waals surface area contributed by atoms with Crippen LogP contribution in [0.5, 0.6) is 0 Å². The summed E-state index contributed by atoms with van der Waals surface area (Å²) >= 11 is 5.93. The maximum absolute atomic E-state index is 13.4. The number of carbonyl (C=O) groups excluding carboxylic acids is 1. The number of rotatable bonds is 9. The number of anilines is 1. The van der Waals surface area contributed by atoms with Crippen molar-refractivity contribution >= 4 is 33.2 Å². The fourth-order valence-electron chi connectivity index (χ4n) is 4.24. The zero-order valence-electron chi connectivity index (χ0n) is 19.6. The van der Waals surface area contributed by atoms with Gasteiger partial charge in [-0.25, -0.2) is 8.42 Å². The van der Waals surface area contributed by atoms with E-state index in [1.54, 1.807) is 30.3 Å². The number of para-hydroxylation sites is 1. The van der Waals surface area contributed by atoms with Gasteiger partial charge in [0, 0.05) is 18.1 Å². The van der Waals surface area contributed by atoms with E-state index in [9.17, 15) is 13.2 Å². The van der Waals surface area contributed by atoms with E-state index in [4.69, 9.17) is 11.6 Å². The van der Waals surface area contributed by atoms with Crippen molar-refractivity contribution in [3.8, 4) is 0 Å². The molecule has 6 nitrogen and oxygen atoms in total. The summed E-state index contributed by atoms with van der Waals surface area (Å²) in [6.45, 7) is 3.15. The summed E-state index contributed by atoms with van der Waals surface area (Å²) < 4.78 is 27.9. The van der Waals surface area contributed by atoms with E-state index in [2.05, 4.69) is 22.3 Å². The molecular formula is C27H30ClN3O3S. The van der Waals surface area contributed by atoms with Gasteiger partial charge in [0.25, 0.3) is 10.0 Å². The maximum atomic E-state index is 13.4. The van der Waals surface area contributed by atoms with E-state index in [-0.39, 0.29) is 17.3 Å². The van der Waals surface area contributed by atoms with Crippen LogP contribution in [0.1, 0.15) is 30.4 Å². The van der Waals surface area contributed by atoms with Gasteiger partial charge in [-0.2, -0.15) is 0 Å². The number of hydrogen-bond donors (Lipinski definition) is 1. The van der Waals surface area contributed by atoms with Gasteiger partial charge in [0.2, 0.25) is 5.91 Å². The maximum Gasteiger partial charge on any atom is 0.264 e. The number of amides is 1. The summed E-state index contributed by atoms with van der Waals surface area (Å²) in [5.41, 5.74) is 2.62. The topological polar surface area (TPSA) is 69.7 Å². The van der Waals surface area contributed by atoms with Crippen LogP contribution in [0.2, 0.25) is 5.02 Å². The lowest BCUT2D eigenvalue weighted by Crippen LogP contribution is -2.40. The number of sulfonamides is 1. The van der Waals surface area contributed by atoms with E-state index in [0.717, 1.165) is 29.5 Å². The molecule has 4 rings (SSSR count). The minimum Gasteiger partial charge on any atom is -0.350 e. The molecule has 0 saturated carbocycles. The largest absolute Gasteiger partial charge is 0.350 e. The molecule has 3 aromatic rings. The fourth-order valence-corrected chi connectivity index (χ4v) is 5.79. The van der Waals surface area contributed by atoms with Crippen molar-refractivity contribution in [3.05, 3.63) is 95.0 Å². The summed E-state index contributed by atoms with van der Waals surface area (Å²) in [5.74, 6) is -0.382. The highest BCUT2D eigenvalue weighted by atomic mass is 35.5. The number of nitrogens with one attached hydrogen (secondary N) is 1. The molecule has 1 heterocycles. The third kappa shape index (κ3) is 6.84. The lowest BCUT2D eigenvalue weighted by Gasteiger charge is -2.26. The molecule has 1 N–H and O–H groups in total. The standard InChI is InChI=1S/C27H30ClN3O3S/c28-24-12-14-26(15-13-24)35(33,34)31(25-10-3-1-4-11-25)21-27(32)29-19-22-8-7-9-23(18-22)20-30-16-5-2-6-17-30/h1,3-4,7-15,18H,2,5-6,16-17,19-21H2,(H,29,32). The van der Waals surface area contributed by atoms with Crippen LogP contribution in [0, 0.1) is 0 Å². The van der Waals surface area contributed by atoms with E-state index in [1.807, 2.05) is 12.1 Å². The molecule has 0 radical (unpaired) electrons. The molecule has 1 fully saturated rings. The van der Waals surface area contributed by atoms with Gasteiger partial charge in [0.1, 0.15) is 6.54 Å². The number of likely N-dealkylation sites (tertiary alicyclic amines) is 1. The second-order valence-corrected chi connectivity index (χ2v) is 11.0. The third-order valence-corrected chi connectivity index (χ3v) is 8.11. The summed E-state index contributed by atoms with van der Waals surface area (Å²) in [6, 6.07) is 22.7. The predicted octanol–water partition coefficient (Wildman–Crippen LogP) is 4.84. The van der Waals surface area contributed by atoms with Crippen LogP contribution >= 0.6 is 11.6 Å². The molecule has 8 heteroatoms. The van der Waals surface area contributed by atoms with Gasteiger partial charge in [-0.15, -0.1) is 0 Å². The molecule has 0 unspecified atom stereocenters. The zero-order valence-corrected chi connectivity index (χ0v) is 21.1. The summed E-state index contributed by atoms with van der Waals surface area (Å²) in [4.78, 5) is 15.4. The van der Waals surface area contributed by atoms with E-state index < -0.39 is 10.0 Å². The number of hydrogen-bond acceptors (Lipinski definition) is 4. The molecule has 1 aliphatic heterocycles. The Hall–Kier alpha value is -2.87. The molecule has 1 aliphatic rings. The van der Waals surface area contributed by atoms with Crippen LogP contribution in [0.3, 0.4) is 0 Å². The quantitative estimate of drug-likeness (QED) is 0.446. The van der Waals surface area contributed by atoms with Crippen LogP contribution in [-0.4, -0.2) is 38.9 Å². The Morgan fingerprint density at radius 2 is 1.57 bits per heavy atom. The van der Waals surface area contributed by atoms with Crippen LogP contribution in [-0.2, 0) is 27.9 Å². The molecule has 0 bridgehead atoms. The van der Waals surface area contributed by atoms with Crippen LogP contribution < -0.4 is 9.62 Å². The first-order valence-electron chi connectivity index (χ1n) is 11.8. The first kappa shape index (κ1) is 25.2. The van der Waals surface area contributed by atoms with Crippen molar-refractivity contribution in [2.24, 2.45) is 0 Å². The minimum absolute atomic E-state index is 0.0731. The molecule has 184 valence electrons. The second-order valence-electron chi connectivity index (χ2n) is 8.73. The molecule has 0 atom stereocenters. The summed E-state index contributed by atoms with van der Waals surface area (Å²) in [7, 11) is -3.96. The lowest BCUT2D eigenvalue weighted by molar-refractivity contribution is -0.119. The van der Waals surface area contributed by atoms with E-state index >= 15 is 0 Å². The molecule has 35 heavy (non-hydrogen) atoms. The Kier molecular flexibility index (Phi) is 8.44. The Morgan fingerprint density at radius 1 is 0.886 bits per heavy atom. The average Bonchev–Trinajstić information content (AvgIpc) is 2.87. The Morgan fingerprint density at radius 3 is 2.29 bits per heavy atom. The molecule has 0 spiro atoms. The third-order valence-electron chi connectivity index (χ3n) is 6.07. The number of nitrogens with zero attached hydrogens (tertiary/aromatic N) is 2. The highest BCUT2D eigenvalue weighted by Crippen LogP contribution is 2.24. The number of halogens is 1. The van der Waals surface area contributed by atoms with Crippen molar-refractivity contribution in [2.45, 2.75) is 37.2 Å². The zero-order chi connectivity index (χ0) is 24.7. The Bertz CT molecular complexity index is 1230. The molecule has 3 aromatic carbocycles. The van der Waals surface area contributed by atoms with Crippen molar-refractivity contribution in [3.63, 3.8) is 0 Å². The van der Waals surface area contributed by atoms with Crippen LogP contribution in [0.25, 0.3) is 0 Å². The first-order chi connectivity index (χ1) is 16.9. The van der Waals surface area contributed by atoms with Gasteiger partial charge >= 0.3 is 0 Å². The van der Waals surface area contributed by atoms with Crippen molar-refractivity contribution < 1.29 is 13.2 Å². The van der Waals surface area contributed by atoms with Gasteiger partial charge in [-0.3, -0.25) is 14.0 Å². The number of benzene rings is 3. The number of piperidine rings is 1. The lowest BCUT2D eigenvalue weighted by atomic mass is 10.1. The Balaban J connectivity index is 1.44. The second kappa shape index (κ2) is 11.7. The molecule has 0 aliphatic carbocycles. The van der Waals surface area contributed by atoms with Crippen LogP contribution in [0.4, 0.5) is 5.69 Å². The van der Waals surface area contributed by atoms with Gasteiger partial charge in [0.05, 0.1) is 10.6 Å². The van der Waals surface area contributed by atoms with Crippen molar-refractivity contribution in [2.75, 3.05) is 23.9 Å². The molecule has 1 amide bonds. The SMILES string of the molecule is O=C(CN(c1ccccc1)S(=O)(=O)c1ccc(Cl)cc1)NCc1cccc(CN2CCCCC2)c1. The Labute approximate surface area is 212 Å². The fraction of sp³-hybridized carbons (Fsp3) is 0.296. The normalized spacial score (nSPS) is 14.4. The first-order valence-corrected chi connectivity index (χ1v) is 13.6. The van der Waals surface area contributed by atoms with Gasteiger partial charge < -0.3 is 5.32 Å². The van der Waals surface area contributed by atoms with Crippen molar-refractivity contribution in [1.82, 2.24) is 10.2 Å².